The van der Waals surface area contributed by atoms with Gasteiger partial charge in [-0.25, -0.2) is 9.59 Å². The normalized spacial score (nSPS) is 16.0. The van der Waals surface area contributed by atoms with Gasteiger partial charge in [0.05, 0.1) is 12.5 Å². The summed E-state index contributed by atoms with van der Waals surface area (Å²) in [6.45, 7) is 5.46. The van der Waals surface area contributed by atoms with Crippen molar-refractivity contribution < 1.29 is 38.3 Å². The van der Waals surface area contributed by atoms with E-state index in [0.29, 0.717) is 31.2 Å². The summed E-state index contributed by atoms with van der Waals surface area (Å²) >= 11 is 0. The largest absolute Gasteiger partial charge is 0.547 e. The van der Waals surface area contributed by atoms with Gasteiger partial charge in [0.2, 0.25) is 12.2 Å². The lowest BCUT2D eigenvalue weighted by Gasteiger charge is -2.29. The highest BCUT2D eigenvalue weighted by Gasteiger charge is 2.38. The number of nitrogens with one attached hydrogen (secondary N) is 1. The third-order valence-electron chi connectivity index (χ3n) is 4.42. The van der Waals surface area contributed by atoms with Crippen LogP contribution in [0.2, 0.25) is 0 Å². The number of carbonyl (C=O) groups is 3. The third-order valence-corrected chi connectivity index (χ3v) is 4.42. The third kappa shape index (κ3) is 6.65. The molecule has 0 aliphatic carbocycles. The van der Waals surface area contributed by atoms with Gasteiger partial charge >= 0.3 is 19.2 Å². The molecule has 0 saturated heterocycles. The molecule has 164 valence electrons. The van der Waals surface area contributed by atoms with Crippen molar-refractivity contribution in [2.75, 3.05) is 6.61 Å². The van der Waals surface area contributed by atoms with E-state index in [-0.39, 0.29) is 23.8 Å². The van der Waals surface area contributed by atoms with E-state index in [1.807, 2.05) is 13.8 Å². The summed E-state index contributed by atoms with van der Waals surface area (Å²) in [5.74, 6) is -1.40. The molecule has 1 aromatic carbocycles. The summed E-state index contributed by atoms with van der Waals surface area (Å²) in [6.07, 6.45) is 0.817. The first-order valence-corrected chi connectivity index (χ1v) is 10.2. The summed E-state index contributed by atoms with van der Waals surface area (Å²) in [6, 6.07) is 4.87. The van der Waals surface area contributed by atoms with Crippen molar-refractivity contribution in [2.45, 2.75) is 65.1 Å². The molecule has 9 nitrogen and oxygen atoms in total. The molecular weight excluding hydrogens is 393 g/mol. The first-order valence-electron chi connectivity index (χ1n) is 10.2. The van der Waals surface area contributed by atoms with E-state index >= 15 is 0 Å². The second-order valence-corrected chi connectivity index (χ2v) is 6.97. The van der Waals surface area contributed by atoms with Gasteiger partial charge in [-0.3, -0.25) is 4.79 Å². The standard InChI is InChI=1S/C20H28BNO8/c1-4-6-11-27-20(25)29-13(3)28-19(24)15-10-7-9-14-12-16(21(26)30-18(14)15)22-17(23)8-5-2/h7,9-10,13,16,26H,4-6,8,11-12H2,1-3H3,(H,22,23)/t13?,16-/m0/s1. The number of benzene rings is 1. The van der Waals surface area contributed by atoms with Gasteiger partial charge in [0.15, 0.2) is 0 Å². The Kier molecular flexibility index (Phi) is 8.98. The molecule has 2 atom stereocenters. The van der Waals surface area contributed by atoms with Crippen LogP contribution in [0.1, 0.15) is 62.4 Å². The monoisotopic (exact) mass is 421 g/mol. The van der Waals surface area contributed by atoms with Crippen LogP contribution in [0.4, 0.5) is 4.79 Å². The highest BCUT2D eigenvalue weighted by molar-refractivity contribution is 6.47. The molecule has 1 unspecified atom stereocenters. The minimum atomic E-state index is -1.31. The number of hydrogen-bond acceptors (Lipinski definition) is 8. The number of amides is 1. The van der Waals surface area contributed by atoms with Crippen LogP contribution in [0.25, 0.3) is 0 Å². The van der Waals surface area contributed by atoms with Crippen LogP contribution in [0.5, 0.6) is 5.75 Å². The highest BCUT2D eigenvalue weighted by atomic mass is 16.8. The van der Waals surface area contributed by atoms with Crippen molar-refractivity contribution in [1.29, 1.82) is 0 Å². The molecule has 0 radical (unpaired) electrons. The minimum absolute atomic E-state index is 0.0830. The minimum Gasteiger partial charge on any atom is -0.534 e. The fraction of sp³-hybridized carbons (Fsp3) is 0.550. The molecule has 1 amide bonds. The number of esters is 1. The van der Waals surface area contributed by atoms with Gasteiger partial charge in [0, 0.05) is 13.3 Å². The molecule has 2 N–H and O–H groups in total. The molecule has 1 aromatic rings. The molecule has 1 heterocycles. The highest BCUT2D eigenvalue weighted by Crippen LogP contribution is 2.31. The van der Waals surface area contributed by atoms with Crippen LogP contribution in [0.3, 0.4) is 0 Å². The molecule has 2 rings (SSSR count). The fourth-order valence-corrected chi connectivity index (χ4v) is 2.92. The molecule has 30 heavy (non-hydrogen) atoms. The van der Waals surface area contributed by atoms with E-state index in [0.717, 1.165) is 6.42 Å². The lowest BCUT2D eigenvalue weighted by Crippen LogP contribution is -2.53. The number of hydrogen-bond donors (Lipinski definition) is 2. The van der Waals surface area contributed by atoms with E-state index in [4.69, 9.17) is 18.9 Å². The predicted octanol–water partition coefficient (Wildman–Crippen LogP) is 2.38. The summed E-state index contributed by atoms with van der Waals surface area (Å²) in [5.41, 5.74) is 0.726. The maximum atomic E-state index is 12.5. The molecule has 0 aromatic heterocycles. The van der Waals surface area contributed by atoms with E-state index in [9.17, 15) is 19.4 Å². The topological polar surface area (TPSA) is 120 Å². The first-order chi connectivity index (χ1) is 14.3. The van der Waals surface area contributed by atoms with Crippen molar-refractivity contribution in [3.05, 3.63) is 29.3 Å². The number of unbranched alkanes of at least 4 members (excludes halogenated alkanes) is 1. The van der Waals surface area contributed by atoms with Crippen molar-refractivity contribution in [3.63, 3.8) is 0 Å². The molecule has 10 heteroatoms. The zero-order valence-electron chi connectivity index (χ0n) is 17.5. The van der Waals surface area contributed by atoms with Crippen LogP contribution in [0, 0.1) is 0 Å². The van der Waals surface area contributed by atoms with Gasteiger partial charge in [-0.05, 0) is 30.9 Å². The smallest absolute Gasteiger partial charge is 0.534 e. The van der Waals surface area contributed by atoms with Crippen LogP contribution in [0.15, 0.2) is 18.2 Å². The molecule has 0 spiro atoms. The zero-order valence-corrected chi connectivity index (χ0v) is 17.5. The quantitative estimate of drug-likeness (QED) is 0.270. The number of para-hydroxylation sites is 1. The van der Waals surface area contributed by atoms with Gasteiger partial charge in [-0.15, -0.1) is 0 Å². The lowest BCUT2D eigenvalue weighted by molar-refractivity contribution is -0.121. The Morgan fingerprint density at radius 2 is 2.03 bits per heavy atom. The summed E-state index contributed by atoms with van der Waals surface area (Å²) in [5, 5.41) is 13.0. The Labute approximate surface area is 176 Å². The van der Waals surface area contributed by atoms with E-state index in [2.05, 4.69) is 5.32 Å². The Morgan fingerprint density at radius 1 is 1.27 bits per heavy atom. The number of carbonyl (C=O) groups excluding carboxylic acids is 3. The van der Waals surface area contributed by atoms with Crippen LogP contribution >= 0.6 is 0 Å². The molecular formula is C20H28BNO8. The van der Waals surface area contributed by atoms with Gasteiger partial charge in [-0.2, -0.15) is 0 Å². The SMILES string of the molecule is CCCCOC(=O)OC(C)OC(=O)c1cccc2c1OB(O)[C@@H](NC(=O)CCC)C2. The van der Waals surface area contributed by atoms with Gasteiger partial charge in [0.1, 0.15) is 11.3 Å². The summed E-state index contributed by atoms with van der Waals surface area (Å²) in [4.78, 5) is 35.9. The van der Waals surface area contributed by atoms with E-state index < -0.39 is 31.5 Å². The number of ether oxygens (including phenoxy) is 3. The fourth-order valence-electron chi connectivity index (χ4n) is 2.92. The summed E-state index contributed by atoms with van der Waals surface area (Å²) < 4.78 is 20.4. The Hall–Kier alpha value is -2.75. The van der Waals surface area contributed by atoms with Gasteiger partial charge in [0.25, 0.3) is 0 Å². The van der Waals surface area contributed by atoms with Crippen LogP contribution in [-0.2, 0) is 25.4 Å². The summed E-state index contributed by atoms with van der Waals surface area (Å²) in [7, 11) is -1.31. The Morgan fingerprint density at radius 3 is 2.73 bits per heavy atom. The predicted molar refractivity (Wildman–Crippen MR) is 108 cm³/mol. The van der Waals surface area contributed by atoms with Crippen molar-refractivity contribution in [1.82, 2.24) is 5.32 Å². The van der Waals surface area contributed by atoms with Crippen molar-refractivity contribution >= 4 is 25.2 Å². The van der Waals surface area contributed by atoms with Crippen molar-refractivity contribution in [3.8, 4) is 5.75 Å². The van der Waals surface area contributed by atoms with Crippen LogP contribution < -0.4 is 9.97 Å². The zero-order chi connectivity index (χ0) is 22.1. The molecule has 0 fully saturated rings. The Bertz CT molecular complexity index is 756. The molecule has 1 aliphatic heterocycles. The van der Waals surface area contributed by atoms with Gasteiger partial charge < -0.3 is 29.2 Å². The van der Waals surface area contributed by atoms with Gasteiger partial charge in [-0.1, -0.05) is 32.4 Å². The molecule has 0 bridgehead atoms. The molecule has 1 aliphatic rings. The second-order valence-electron chi connectivity index (χ2n) is 6.97. The lowest BCUT2D eigenvalue weighted by atomic mass is 9.72. The Balaban J connectivity index is 2.00. The van der Waals surface area contributed by atoms with E-state index in [1.165, 1.54) is 13.0 Å². The average Bonchev–Trinajstić information content (AvgIpc) is 2.68. The first kappa shape index (κ1) is 23.5. The molecule has 0 saturated carbocycles. The van der Waals surface area contributed by atoms with E-state index in [1.54, 1.807) is 12.1 Å². The maximum Gasteiger partial charge on any atom is 0.547 e. The second kappa shape index (κ2) is 11.4. The van der Waals surface area contributed by atoms with Crippen LogP contribution in [-0.4, -0.2) is 49.0 Å². The maximum absolute atomic E-state index is 12.5. The number of rotatable bonds is 9. The average molecular weight is 421 g/mol. The number of fused-ring (bicyclic) bond motifs is 1. The van der Waals surface area contributed by atoms with Crippen molar-refractivity contribution in [2.24, 2.45) is 0 Å².